The van der Waals surface area contributed by atoms with E-state index in [1.54, 1.807) is 19.1 Å². The number of nitrogens with two attached hydrogens (primary N) is 1. The first-order valence-corrected chi connectivity index (χ1v) is 6.73. The topological polar surface area (TPSA) is 99.3 Å². The number of aromatic nitrogens is 4. The lowest BCUT2D eigenvalue weighted by Crippen LogP contribution is -2.11. The molecule has 4 aromatic rings. The molecule has 4 rings (SSSR count). The second-order valence-electron chi connectivity index (χ2n) is 5.10. The summed E-state index contributed by atoms with van der Waals surface area (Å²) in [6.07, 6.45) is 2.55. The Bertz CT molecular complexity index is 1080. The number of benzene rings is 1. The molecule has 0 aliphatic heterocycles. The van der Waals surface area contributed by atoms with E-state index >= 15 is 0 Å². The maximum absolute atomic E-state index is 14.1. The highest BCUT2D eigenvalue weighted by Gasteiger charge is 2.16. The van der Waals surface area contributed by atoms with Crippen molar-refractivity contribution in [3.05, 3.63) is 47.9 Å². The zero-order valence-electron chi connectivity index (χ0n) is 11.9. The Morgan fingerprint density at radius 2 is 2.17 bits per heavy atom. The predicted octanol–water partition coefficient (Wildman–Crippen LogP) is 2.08. The van der Waals surface area contributed by atoms with Gasteiger partial charge in [-0.25, -0.2) is 18.9 Å². The number of aryl methyl sites for hydroxylation is 1. The van der Waals surface area contributed by atoms with Gasteiger partial charge in [0.1, 0.15) is 11.1 Å². The van der Waals surface area contributed by atoms with E-state index in [2.05, 4.69) is 15.1 Å². The second kappa shape index (κ2) is 4.60. The molecule has 7 nitrogen and oxygen atoms in total. The monoisotopic (exact) mass is 311 g/mol. The average Bonchev–Trinajstić information content (AvgIpc) is 3.13. The van der Waals surface area contributed by atoms with Gasteiger partial charge in [-0.15, -0.1) is 0 Å². The van der Waals surface area contributed by atoms with E-state index in [4.69, 9.17) is 10.2 Å². The van der Waals surface area contributed by atoms with Crippen LogP contribution in [0.2, 0.25) is 0 Å². The Hall–Kier alpha value is -3.29. The van der Waals surface area contributed by atoms with Crippen molar-refractivity contribution in [2.24, 2.45) is 5.73 Å². The van der Waals surface area contributed by atoms with Crippen molar-refractivity contribution in [1.29, 1.82) is 0 Å². The van der Waals surface area contributed by atoms with Crippen LogP contribution in [-0.2, 0) is 0 Å². The number of amides is 1. The molecule has 1 amide bonds. The number of hydrogen-bond acceptors (Lipinski definition) is 5. The fraction of sp³-hybridized carbons (Fsp3) is 0.0667. The highest BCUT2D eigenvalue weighted by atomic mass is 19.1. The van der Waals surface area contributed by atoms with Crippen molar-refractivity contribution in [3.8, 4) is 11.3 Å². The van der Waals surface area contributed by atoms with E-state index in [9.17, 15) is 9.18 Å². The van der Waals surface area contributed by atoms with Crippen molar-refractivity contribution < 1.29 is 13.6 Å². The molecule has 1 aromatic carbocycles. The summed E-state index contributed by atoms with van der Waals surface area (Å²) in [5.74, 6) is -1.15. The third-order valence-corrected chi connectivity index (χ3v) is 3.60. The standard InChI is InChI=1S/C15H10FN5O2/c1-7-2-11(20-15-9(14(17)22)5-19-21(7)15)8-3-10(16)13-12(4-8)18-6-23-13/h2-6H,1H3,(H2,17,22). The van der Waals surface area contributed by atoms with Gasteiger partial charge in [-0.1, -0.05) is 0 Å². The molecule has 8 heteroatoms. The largest absolute Gasteiger partial charge is 0.440 e. The van der Waals surface area contributed by atoms with Gasteiger partial charge in [0, 0.05) is 11.3 Å². The van der Waals surface area contributed by atoms with Crippen LogP contribution in [0.4, 0.5) is 4.39 Å². The lowest BCUT2D eigenvalue weighted by atomic mass is 10.1. The van der Waals surface area contributed by atoms with Crippen LogP contribution < -0.4 is 5.73 Å². The van der Waals surface area contributed by atoms with Gasteiger partial charge in [-0.2, -0.15) is 5.10 Å². The average molecular weight is 311 g/mol. The van der Waals surface area contributed by atoms with Gasteiger partial charge in [0.05, 0.1) is 11.9 Å². The summed E-state index contributed by atoms with van der Waals surface area (Å²) < 4.78 is 20.6. The molecule has 23 heavy (non-hydrogen) atoms. The van der Waals surface area contributed by atoms with Crippen LogP contribution in [0.3, 0.4) is 0 Å². The summed E-state index contributed by atoms with van der Waals surface area (Å²) in [5, 5.41) is 4.09. The lowest BCUT2D eigenvalue weighted by molar-refractivity contribution is 0.100. The molecule has 0 radical (unpaired) electrons. The molecular weight excluding hydrogens is 301 g/mol. The minimum atomic E-state index is -0.623. The summed E-state index contributed by atoms with van der Waals surface area (Å²) in [7, 11) is 0. The first kappa shape index (κ1) is 13.4. The first-order chi connectivity index (χ1) is 11.0. The van der Waals surface area contributed by atoms with E-state index in [0.29, 0.717) is 22.4 Å². The Kier molecular flexibility index (Phi) is 2.68. The number of carbonyl (C=O) groups is 1. The number of halogens is 1. The first-order valence-electron chi connectivity index (χ1n) is 6.73. The van der Waals surface area contributed by atoms with Gasteiger partial charge in [0.2, 0.25) is 0 Å². The summed E-state index contributed by atoms with van der Waals surface area (Å²) in [6.45, 7) is 1.81. The van der Waals surface area contributed by atoms with E-state index in [0.717, 1.165) is 5.69 Å². The molecule has 2 N–H and O–H groups in total. The molecule has 3 heterocycles. The summed E-state index contributed by atoms with van der Waals surface area (Å²) in [5.41, 5.74) is 8.09. The molecule has 0 saturated heterocycles. The number of carbonyl (C=O) groups excluding carboxylic acids is 1. The summed E-state index contributed by atoms with van der Waals surface area (Å²) in [6, 6.07) is 4.72. The number of hydrogen-bond donors (Lipinski definition) is 1. The van der Waals surface area contributed by atoms with Crippen LogP contribution in [0.25, 0.3) is 28.0 Å². The fourth-order valence-electron chi connectivity index (χ4n) is 2.51. The van der Waals surface area contributed by atoms with E-state index in [-0.39, 0.29) is 11.1 Å². The van der Waals surface area contributed by atoms with Gasteiger partial charge < -0.3 is 10.2 Å². The molecule has 0 aliphatic carbocycles. The molecule has 0 aliphatic rings. The summed E-state index contributed by atoms with van der Waals surface area (Å²) in [4.78, 5) is 19.8. The number of fused-ring (bicyclic) bond motifs is 2. The molecule has 3 aromatic heterocycles. The van der Waals surface area contributed by atoms with Crippen LogP contribution >= 0.6 is 0 Å². The van der Waals surface area contributed by atoms with Gasteiger partial charge in [-0.05, 0) is 25.1 Å². The van der Waals surface area contributed by atoms with Crippen molar-refractivity contribution in [2.75, 3.05) is 0 Å². The maximum Gasteiger partial charge on any atom is 0.254 e. The van der Waals surface area contributed by atoms with Crippen LogP contribution in [-0.4, -0.2) is 25.5 Å². The van der Waals surface area contributed by atoms with Crippen molar-refractivity contribution in [2.45, 2.75) is 6.92 Å². The zero-order chi connectivity index (χ0) is 16.1. The minimum absolute atomic E-state index is 0.0914. The molecule has 0 atom stereocenters. The van der Waals surface area contributed by atoms with Crippen molar-refractivity contribution in [1.82, 2.24) is 19.6 Å². The van der Waals surface area contributed by atoms with Crippen LogP contribution in [0, 0.1) is 12.7 Å². The van der Waals surface area contributed by atoms with Crippen LogP contribution in [0.5, 0.6) is 0 Å². The quantitative estimate of drug-likeness (QED) is 0.611. The van der Waals surface area contributed by atoms with Gasteiger partial charge in [-0.3, -0.25) is 4.79 Å². The van der Waals surface area contributed by atoms with E-state index in [1.165, 1.54) is 23.2 Å². The number of rotatable bonds is 2. The third kappa shape index (κ3) is 1.95. The normalized spacial score (nSPS) is 11.4. The number of nitrogens with zero attached hydrogens (tertiary/aromatic N) is 4. The predicted molar refractivity (Wildman–Crippen MR) is 79.2 cm³/mol. The van der Waals surface area contributed by atoms with Gasteiger partial charge >= 0.3 is 0 Å². The smallest absolute Gasteiger partial charge is 0.254 e. The van der Waals surface area contributed by atoms with Crippen LogP contribution in [0.15, 0.2) is 35.2 Å². The Morgan fingerprint density at radius 1 is 1.35 bits per heavy atom. The fourth-order valence-corrected chi connectivity index (χ4v) is 2.51. The Labute approximate surface area is 128 Å². The second-order valence-corrected chi connectivity index (χ2v) is 5.10. The van der Waals surface area contributed by atoms with Crippen LogP contribution in [0.1, 0.15) is 16.1 Å². The number of oxazole rings is 1. The van der Waals surface area contributed by atoms with Crippen molar-refractivity contribution >= 4 is 22.7 Å². The Balaban J connectivity index is 2.00. The summed E-state index contributed by atoms with van der Waals surface area (Å²) >= 11 is 0. The molecular formula is C15H10FN5O2. The molecule has 0 saturated carbocycles. The molecule has 0 unspecified atom stereocenters. The minimum Gasteiger partial charge on any atom is -0.440 e. The maximum atomic E-state index is 14.1. The third-order valence-electron chi connectivity index (χ3n) is 3.60. The van der Waals surface area contributed by atoms with Crippen molar-refractivity contribution in [3.63, 3.8) is 0 Å². The number of primary amides is 1. The van der Waals surface area contributed by atoms with Gasteiger partial charge in [0.25, 0.3) is 5.91 Å². The zero-order valence-corrected chi connectivity index (χ0v) is 11.9. The highest BCUT2D eigenvalue weighted by molar-refractivity contribution is 5.98. The SMILES string of the molecule is Cc1cc(-c2cc(F)c3ocnc3c2)nc2c(C(N)=O)cnn12. The Morgan fingerprint density at radius 3 is 2.96 bits per heavy atom. The molecule has 0 fully saturated rings. The lowest BCUT2D eigenvalue weighted by Gasteiger charge is -2.06. The van der Waals surface area contributed by atoms with Gasteiger partial charge in [0.15, 0.2) is 23.4 Å². The van der Waals surface area contributed by atoms with E-state index in [1.807, 2.05) is 0 Å². The molecule has 0 bridgehead atoms. The highest BCUT2D eigenvalue weighted by Crippen LogP contribution is 2.26. The molecule has 114 valence electrons. The molecule has 0 spiro atoms. The van der Waals surface area contributed by atoms with E-state index < -0.39 is 11.7 Å².